The van der Waals surface area contributed by atoms with Gasteiger partial charge in [0, 0.05) is 22.6 Å². The van der Waals surface area contributed by atoms with Crippen LogP contribution in [0.25, 0.3) is 0 Å². The van der Waals surface area contributed by atoms with Crippen LogP contribution in [0.5, 0.6) is 5.75 Å². The van der Waals surface area contributed by atoms with E-state index in [2.05, 4.69) is 21.3 Å². The Morgan fingerprint density at radius 1 is 0.703 bits per heavy atom. The molecular formula is C29H26N4O3S. The second-order valence-corrected chi connectivity index (χ2v) is 8.34. The van der Waals surface area contributed by atoms with Crippen molar-refractivity contribution in [3.8, 4) is 5.75 Å². The summed E-state index contributed by atoms with van der Waals surface area (Å²) in [4.78, 5) is 25.6. The van der Waals surface area contributed by atoms with Gasteiger partial charge in [0.15, 0.2) is 5.11 Å². The molecule has 4 aromatic rings. The van der Waals surface area contributed by atoms with E-state index < -0.39 is 0 Å². The van der Waals surface area contributed by atoms with Gasteiger partial charge < -0.3 is 20.7 Å². The van der Waals surface area contributed by atoms with E-state index >= 15 is 0 Å². The molecule has 186 valence electrons. The van der Waals surface area contributed by atoms with Gasteiger partial charge in [-0.3, -0.25) is 14.9 Å². The third-order valence-electron chi connectivity index (χ3n) is 5.28. The third kappa shape index (κ3) is 7.16. The Labute approximate surface area is 220 Å². The van der Waals surface area contributed by atoms with E-state index in [1.165, 1.54) is 0 Å². The summed E-state index contributed by atoms with van der Waals surface area (Å²) in [6.07, 6.45) is 0. The van der Waals surface area contributed by atoms with Gasteiger partial charge in [0.2, 0.25) is 0 Å². The SMILES string of the molecule is CCOc1ccc(C(=O)NC(=S)Nc2ccccc2C(=O)Nc2ccc(Nc3ccccc3)cc2)cc1. The van der Waals surface area contributed by atoms with Crippen molar-refractivity contribution in [3.63, 3.8) is 0 Å². The van der Waals surface area contributed by atoms with E-state index in [4.69, 9.17) is 17.0 Å². The normalized spacial score (nSPS) is 10.2. The highest BCUT2D eigenvalue weighted by molar-refractivity contribution is 7.80. The van der Waals surface area contributed by atoms with Gasteiger partial charge in [-0.05, 0) is 91.9 Å². The number of carbonyl (C=O) groups excluding carboxylic acids is 2. The van der Waals surface area contributed by atoms with E-state index in [0.717, 1.165) is 11.4 Å². The first-order chi connectivity index (χ1) is 18.0. The fourth-order valence-corrected chi connectivity index (χ4v) is 3.71. The molecule has 0 unspecified atom stereocenters. The Kier molecular flexibility index (Phi) is 8.46. The van der Waals surface area contributed by atoms with Crippen molar-refractivity contribution in [2.45, 2.75) is 6.92 Å². The molecule has 0 spiro atoms. The topological polar surface area (TPSA) is 91.5 Å². The van der Waals surface area contributed by atoms with Gasteiger partial charge in [0.05, 0.1) is 17.9 Å². The minimum Gasteiger partial charge on any atom is -0.494 e. The molecular weight excluding hydrogens is 484 g/mol. The van der Waals surface area contributed by atoms with Crippen molar-refractivity contribution >= 4 is 51.9 Å². The first-order valence-corrected chi connectivity index (χ1v) is 12.1. The van der Waals surface area contributed by atoms with Gasteiger partial charge in [-0.25, -0.2) is 0 Å². The van der Waals surface area contributed by atoms with Crippen molar-refractivity contribution in [2.24, 2.45) is 0 Å². The maximum atomic E-state index is 13.0. The molecule has 4 aromatic carbocycles. The standard InChI is InChI=1S/C29H26N4O3S/c1-2-36-24-18-12-20(13-19-24)27(34)33-29(37)32-26-11-7-6-10-25(26)28(35)31-23-16-14-22(15-17-23)30-21-8-4-3-5-9-21/h3-19,30H,2H2,1H3,(H,31,35)(H2,32,33,34,37). The Morgan fingerprint density at radius 3 is 2.03 bits per heavy atom. The van der Waals surface area contributed by atoms with Crippen LogP contribution in [0.15, 0.2) is 103 Å². The van der Waals surface area contributed by atoms with Gasteiger partial charge in [0.25, 0.3) is 11.8 Å². The molecule has 0 atom stereocenters. The van der Waals surface area contributed by atoms with Gasteiger partial charge in [-0.2, -0.15) is 0 Å². The fraction of sp³-hybridized carbons (Fsp3) is 0.0690. The molecule has 2 amide bonds. The predicted molar refractivity (Wildman–Crippen MR) is 152 cm³/mol. The monoisotopic (exact) mass is 510 g/mol. The van der Waals surface area contributed by atoms with Crippen molar-refractivity contribution in [1.82, 2.24) is 5.32 Å². The maximum Gasteiger partial charge on any atom is 0.257 e. The highest BCUT2D eigenvalue weighted by Gasteiger charge is 2.14. The van der Waals surface area contributed by atoms with E-state index in [0.29, 0.717) is 34.9 Å². The smallest absolute Gasteiger partial charge is 0.257 e. The number of para-hydroxylation sites is 2. The number of ether oxygens (including phenoxy) is 1. The molecule has 0 aliphatic rings. The quantitative estimate of drug-likeness (QED) is 0.211. The highest BCUT2D eigenvalue weighted by atomic mass is 32.1. The number of hydrogen-bond donors (Lipinski definition) is 4. The first kappa shape index (κ1) is 25.4. The van der Waals surface area contributed by atoms with E-state index in [1.807, 2.05) is 61.5 Å². The zero-order valence-electron chi connectivity index (χ0n) is 20.2. The molecule has 0 aliphatic carbocycles. The van der Waals surface area contributed by atoms with Crippen LogP contribution in [0.3, 0.4) is 0 Å². The molecule has 4 N–H and O–H groups in total. The van der Waals surface area contributed by atoms with Crippen molar-refractivity contribution < 1.29 is 14.3 Å². The minimum atomic E-state index is -0.369. The predicted octanol–water partition coefficient (Wildman–Crippen LogP) is 6.21. The fourth-order valence-electron chi connectivity index (χ4n) is 3.51. The number of amides is 2. The lowest BCUT2D eigenvalue weighted by molar-refractivity contribution is 0.0976. The summed E-state index contributed by atoms with van der Waals surface area (Å²) >= 11 is 5.32. The van der Waals surface area contributed by atoms with Crippen LogP contribution in [0, 0.1) is 0 Å². The molecule has 8 heteroatoms. The molecule has 4 rings (SSSR count). The number of thiocarbonyl (C=S) groups is 1. The Bertz CT molecular complexity index is 1370. The molecule has 0 bridgehead atoms. The molecule has 7 nitrogen and oxygen atoms in total. The van der Waals surface area contributed by atoms with Crippen LogP contribution in [0.4, 0.5) is 22.7 Å². The summed E-state index contributed by atoms with van der Waals surface area (Å²) in [5.74, 6) is 0.000907. The highest BCUT2D eigenvalue weighted by Crippen LogP contribution is 2.21. The van der Waals surface area contributed by atoms with Crippen LogP contribution < -0.4 is 26.0 Å². The maximum absolute atomic E-state index is 13.0. The summed E-state index contributed by atoms with van der Waals surface area (Å²) in [6, 6.07) is 30.9. The second kappa shape index (κ2) is 12.3. The molecule has 0 heterocycles. The van der Waals surface area contributed by atoms with Crippen molar-refractivity contribution in [2.75, 3.05) is 22.6 Å². The number of hydrogen-bond acceptors (Lipinski definition) is 5. The van der Waals surface area contributed by atoms with Crippen molar-refractivity contribution in [1.29, 1.82) is 0 Å². The average molecular weight is 511 g/mol. The molecule has 0 radical (unpaired) electrons. The second-order valence-electron chi connectivity index (χ2n) is 7.93. The largest absolute Gasteiger partial charge is 0.494 e. The van der Waals surface area contributed by atoms with Crippen LogP contribution in [-0.4, -0.2) is 23.5 Å². The molecule has 0 aromatic heterocycles. The lowest BCUT2D eigenvalue weighted by Gasteiger charge is -2.14. The van der Waals surface area contributed by atoms with Gasteiger partial charge in [-0.1, -0.05) is 30.3 Å². The molecule has 0 aliphatic heterocycles. The van der Waals surface area contributed by atoms with Gasteiger partial charge in [0.1, 0.15) is 5.75 Å². The van der Waals surface area contributed by atoms with Gasteiger partial charge in [-0.15, -0.1) is 0 Å². The van der Waals surface area contributed by atoms with Crippen LogP contribution in [0.1, 0.15) is 27.6 Å². The summed E-state index contributed by atoms with van der Waals surface area (Å²) in [5, 5.41) is 11.9. The van der Waals surface area contributed by atoms with Crippen molar-refractivity contribution in [3.05, 3.63) is 114 Å². The number of nitrogens with one attached hydrogen (secondary N) is 4. The Morgan fingerprint density at radius 2 is 1.32 bits per heavy atom. The number of rotatable bonds is 8. The van der Waals surface area contributed by atoms with E-state index in [9.17, 15) is 9.59 Å². The molecule has 37 heavy (non-hydrogen) atoms. The third-order valence-corrected chi connectivity index (χ3v) is 5.48. The summed E-state index contributed by atoms with van der Waals surface area (Å²) in [6.45, 7) is 2.44. The van der Waals surface area contributed by atoms with E-state index in [-0.39, 0.29) is 16.9 Å². The molecule has 0 fully saturated rings. The van der Waals surface area contributed by atoms with Gasteiger partial charge >= 0.3 is 0 Å². The van der Waals surface area contributed by atoms with Crippen LogP contribution >= 0.6 is 12.2 Å². The summed E-state index contributed by atoms with van der Waals surface area (Å²) < 4.78 is 5.40. The van der Waals surface area contributed by atoms with Crippen LogP contribution in [0.2, 0.25) is 0 Å². The zero-order valence-corrected chi connectivity index (χ0v) is 21.0. The lowest BCUT2D eigenvalue weighted by Crippen LogP contribution is -2.34. The van der Waals surface area contributed by atoms with E-state index in [1.54, 1.807) is 48.5 Å². The number of carbonyl (C=O) groups is 2. The number of anilines is 4. The summed E-state index contributed by atoms with van der Waals surface area (Å²) in [5.41, 5.74) is 3.81. The molecule has 0 saturated heterocycles. The molecule has 0 saturated carbocycles. The lowest BCUT2D eigenvalue weighted by atomic mass is 10.1. The minimum absolute atomic E-state index is 0.0791. The van der Waals surface area contributed by atoms with Crippen LogP contribution in [-0.2, 0) is 0 Å². The first-order valence-electron chi connectivity index (χ1n) is 11.7. The Hall–Kier alpha value is -4.69. The Balaban J connectivity index is 1.36. The zero-order chi connectivity index (χ0) is 26.0. The number of benzene rings is 4. The average Bonchev–Trinajstić information content (AvgIpc) is 2.91. The summed E-state index contributed by atoms with van der Waals surface area (Å²) in [7, 11) is 0.